The molecule has 0 unspecified atom stereocenters. The first-order chi connectivity index (χ1) is 14.7. The highest BCUT2D eigenvalue weighted by molar-refractivity contribution is 8.00. The van der Waals surface area contributed by atoms with Crippen molar-refractivity contribution in [3.05, 3.63) is 53.7 Å². The predicted octanol–water partition coefficient (Wildman–Crippen LogP) is 2.84. The molecule has 8 nitrogen and oxygen atoms in total. The van der Waals surface area contributed by atoms with Gasteiger partial charge in [-0.15, -0.1) is 0 Å². The fourth-order valence-corrected chi connectivity index (χ4v) is 3.31. The highest BCUT2D eigenvalue weighted by Gasteiger charge is 2.36. The third kappa shape index (κ3) is 5.32. The van der Waals surface area contributed by atoms with Gasteiger partial charge in [0.05, 0.1) is 41.5 Å². The summed E-state index contributed by atoms with van der Waals surface area (Å²) in [6.07, 6.45) is -3.34. The van der Waals surface area contributed by atoms with Crippen LogP contribution in [-0.2, 0) is 11.0 Å². The van der Waals surface area contributed by atoms with Gasteiger partial charge in [0.25, 0.3) is 6.20 Å². The lowest BCUT2D eigenvalue weighted by Gasteiger charge is -2.14. The summed E-state index contributed by atoms with van der Waals surface area (Å²) in [5.41, 5.74) is -1.22. The average molecular weight is 449 g/mol. The number of rotatable bonds is 6. The summed E-state index contributed by atoms with van der Waals surface area (Å²) in [5, 5.41) is 16.9. The number of alkyl halides is 3. The normalized spacial score (nSPS) is 11.1. The highest BCUT2D eigenvalue weighted by atomic mass is 32.2. The largest absolute Gasteiger partial charge is 0.417 e. The van der Waals surface area contributed by atoms with E-state index < -0.39 is 23.2 Å². The molecule has 1 aromatic carbocycles. The van der Waals surface area contributed by atoms with Crippen molar-refractivity contribution in [1.82, 2.24) is 10.3 Å². The molecule has 1 amide bonds. The van der Waals surface area contributed by atoms with Crippen LogP contribution in [0.4, 0.5) is 19.1 Å². The maximum atomic E-state index is 13.6. The second-order valence-electron chi connectivity index (χ2n) is 6.38. The second-order valence-corrected chi connectivity index (χ2v) is 7.35. The molecule has 0 atom stereocenters. The molecular weight excluding hydrogens is 433 g/mol. The van der Waals surface area contributed by atoms with Gasteiger partial charge in [0.2, 0.25) is 11.2 Å². The van der Waals surface area contributed by atoms with Crippen molar-refractivity contribution in [2.75, 3.05) is 30.2 Å². The zero-order chi connectivity index (χ0) is 22.6. The Morgan fingerprint density at radius 2 is 2.03 bits per heavy atom. The molecule has 0 aliphatic heterocycles. The Kier molecular flexibility index (Phi) is 6.45. The van der Waals surface area contributed by atoms with Gasteiger partial charge in [-0.2, -0.15) is 23.4 Å². The van der Waals surface area contributed by atoms with E-state index in [1.165, 1.54) is 11.0 Å². The first kappa shape index (κ1) is 22.1. The van der Waals surface area contributed by atoms with Crippen molar-refractivity contribution in [2.24, 2.45) is 0 Å². The number of halogens is 3. The van der Waals surface area contributed by atoms with Crippen LogP contribution in [0, 0.1) is 11.3 Å². The number of benzene rings is 1. The Morgan fingerprint density at radius 1 is 1.32 bits per heavy atom. The lowest BCUT2D eigenvalue weighted by molar-refractivity contribution is -0.753. The number of hydrogen-bond acceptors (Lipinski definition) is 7. The van der Waals surface area contributed by atoms with Crippen molar-refractivity contribution in [2.45, 2.75) is 11.2 Å². The van der Waals surface area contributed by atoms with E-state index in [-0.39, 0.29) is 22.4 Å². The average Bonchev–Trinajstić information content (AvgIpc) is 3.20. The summed E-state index contributed by atoms with van der Waals surface area (Å²) in [6.45, 7) is 0. The highest BCUT2D eigenvalue weighted by Crippen LogP contribution is 2.37. The zero-order valence-corrected chi connectivity index (χ0v) is 17.2. The van der Waals surface area contributed by atoms with E-state index in [0.29, 0.717) is 5.56 Å². The van der Waals surface area contributed by atoms with E-state index in [2.05, 4.69) is 15.6 Å². The van der Waals surface area contributed by atoms with E-state index in [0.717, 1.165) is 17.8 Å². The van der Waals surface area contributed by atoms with Crippen LogP contribution in [0.25, 0.3) is 11.3 Å². The standard InChI is InChI=1S/C19H15F3N6O2S/c1-27(2)28-10-17(30-26-28)25-16(29)11-31-18-13(9-23)14(19(20,21)22)8-15(24-18)12-6-4-3-5-7-12/h3-8,10H,11H2,1-2H3/p+1. The maximum Gasteiger partial charge on any atom is 0.417 e. The first-order valence-electron chi connectivity index (χ1n) is 8.75. The van der Waals surface area contributed by atoms with Gasteiger partial charge < -0.3 is 0 Å². The Labute approximate surface area is 179 Å². The van der Waals surface area contributed by atoms with Gasteiger partial charge in [0, 0.05) is 5.56 Å². The zero-order valence-electron chi connectivity index (χ0n) is 16.3. The summed E-state index contributed by atoms with van der Waals surface area (Å²) in [5.74, 6) is -0.793. The third-order valence-electron chi connectivity index (χ3n) is 3.94. The SMILES string of the molecule is CN(C)[n+]1cc(NC(=O)CSc2nc(-c3ccccc3)cc(C(F)(F)F)c2C#N)on1. The molecule has 0 spiro atoms. The number of thioether (sulfide) groups is 1. The van der Waals surface area contributed by atoms with Crippen molar-refractivity contribution >= 4 is 23.6 Å². The van der Waals surface area contributed by atoms with Crippen LogP contribution >= 0.6 is 11.8 Å². The molecule has 0 fully saturated rings. The molecule has 2 heterocycles. The quantitative estimate of drug-likeness (QED) is 0.456. The van der Waals surface area contributed by atoms with E-state index in [1.807, 2.05) is 0 Å². The first-order valence-corrected chi connectivity index (χ1v) is 9.74. The van der Waals surface area contributed by atoms with Crippen LogP contribution in [0.15, 0.2) is 52.1 Å². The van der Waals surface area contributed by atoms with Crippen LogP contribution in [-0.4, -0.2) is 36.0 Å². The van der Waals surface area contributed by atoms with Crippen molar-refractivity contribution in [3.63, 3.8) is 0 Å². The van der Waals surface area contributed by atoms with Gasteiger partial charge >= 0.3 is 12.1 Å². The lowest BCUT2D eigenvalue weighted by Crippen LogP contribution is -2.53. The van der Waals surface area contributed by atoms with Crippen LogP contribution in [0.3, 0.4) is 0 Å². The van der Waals surface area contributed by atoms with E-state index in [4.69, 9.17) is 4.52 Å². The monoisotopic (exact) mass is 449 g/mol. The number of anilines is 1. The fraction of sp³-hybridized carbons (Fsp3) is 0.211. The fourth-order valence-electron chi connectivity index (χ4n) is 2.50. The molecular formula is C19H16F3N6O2S+. The van der Waals surface area contributed by atoms with Gasteiger partial charge in [-0.3, -0.25) is 14.6 Å². The van der Waals surface area contributed by atoms with Crippen molar-refractivity contribution in [1.29, 1.82) is 5.26 Å². The van der Waals surface area contributed by atoms with Crippen LogP contribution in [0.5, 0.6) is 0 Å². The minimum atomic E-state index is -4.76. The topological polar surface area (TPSA) is 98.9 Å². The number of carbonyl (C=O) groups is 1. The lowest BCUT2D eigenvalue weighted by atomic mass is 10.1. The number of nitrogens with zero attached hydrogens (tertiary/aromatic N) is 5. The van der Waals surface area contributed by atoms with Gasteiger partial charge in [-0.25, -0.2) is 4.98 Å². The minimum absolute atomic E-state index is 0.0529. The molecule has 0 saturated carbocycles. The Hall–Kier alpha value is -3.59. The molecule has 31 heavy (non-hydrogen) atoms. The van der Waals surface area contributed by atoms with E-state index >= 15 is 0 Å². The molecule has 2 aromatic heterocycles. The molecule has 3 aromatic rings. The predicted molar refractivity (Wildman–Crippen MR) is 106 cm³/mol. The summed E-state index contributed by atoms with van der Waals surface area (Å²) in [4.78, 5) is 17.8. The van der Waals surface area contributed by atoms with E-state index in [1.54, 1.807) is 55.5 Å². The molecule has 0 bridgehead atoms. The molecule has 12 heteroatoms. The van der Waals surface area contributed by atoms with Crippen molar-refractivity contribution < 1.29 is 27.3 Å². The minimum Gasteiger partial charge on any atom is -0.288 e. The van der Waals surface area contributed by atoms with Crippen LogP contribution < -0.4 is 15.1 Å². The molecule has 160 valence electrons. The molecule has 1 N–H and O–H groups in total. The smallest absolute Gasteiger partial charge is 0.288 e. The number of pyridine rings is 1. The number of nitriles is 1. The third-order valence-corrected chi connectivity index (χ3v) is 4.92. The van der Waals surface area contributed by atoms with Gasteiger partial charge in [0.15, 0.2) is 0 Å². The van der Waals surface area contributed by atoms with Crippen LogP contribution in [0.2, 0.25) is 0 Å². The molecule has 0 radical (unpaired) electrons. The molecule has 0 aliphatic rings. The Morgan fingerprint density at radius 3 is 2.61 bits per heavy atom. The Bertz CT molecular complexity index is 1130. The Balaban J connectivity index is 1.86. The maximum absolute atomic E-state index is 13.6. The van der Waals surface area contributed by atoms with Gasteiger partial charge in [0.1, 0.15) is 11.1 Å². The second kappa shape index (κ2) is 9.05. The van der Waals surface area contributed by atoms with Crippen LogP contribution in [0.1, 0.15) is 11.1 Å². The number of aromatic nitrogens is 3. The number of amides is 1. The van der Waals surface area contributed by atoms with E-state index in [9.17, 15) is 23.2 Å². The summed E-state index contributed by atoms with van der Waals surface area (Å²) >= 11 is 0.726. The number of carbonyl (C=O) groups excluding carboxylic acids is 1. The summed E-state index contributed by atoms with van der Waals surface area (Å²) in [7, 11) is 3.41. The molecule has 3 rings (SSSR count). The molecule has 0 aliphatic carbocycles. The summed E-state index contributed by atoms with van der Waals surface area (Å²) < 4.78 is 45.7. The van der Waals surface area contributed by atoms with Gasteiger partial charge in [-0.1, -0.05) is 42.1 Å². The van der Waals surface area contributed by atoms with Crippen molar-refractivity contribution in [3.8, 4) is 17.3 Å². The number of hydrogen-bond donors (Lipinski definition) is 1. The number of nitrogens with one attached hydrogen (secondary N) is 1. The van der Waals surface area contributed by atoms with Gasteiger partial charge in [-0.05, 0) is 6.07 Å². The summed E-state index contributed by atoms with van der Waals surface area (Å²) in [6, 6.07) is 10.7. The molecule has 0 saturated heterocycles.